The van der Waals surface area contributed by atoms with Crippen LogP contribution < -0.4 is 5.73 Å². The smallest absolute Gasteiger partial charge is 0.0894 e. The largest absolute Gasteiger partial charge is 0.374 e. The van der Waals surface area contributed by atoms with Crippen LogP contribution in [0.5, 0.6) is 0 Å². The SMILES string of the molecule is CC(C)Cc1ccc(C2C(CN)OCCN2C2CC2)cc1. The molecule has 3 heteroatoms. The lowest BCUT2D eigenvalue weighted by atomic mass is 9.95. The molecule has 1 aromatic carbocycles. The van der Waals surface area contributed by atoms with Crippen molar-refractivity contribution in [2.75, 3.05) is 19.7 Å². The Hall–Kier alpha value is -0.900. The van der Waals surface area contributed by atoms with Crippen molar-refractivity contribution in [2.24, 2.45) is 11.7 Å². The van der Waals surface area contributed by atoms with Crippen molar-refractivity contribution in [1.82, 2.24) is 4.90 Å². The molecule has 0 amide bonds. The Morgan fingerprint density at radius 3 is 2.52 bits per heavy atom. The van der Waals surface area contributed by atoms with Crippen LogP contribution >= 0.6 is 0 Å². The third-order valence-corrected chi connectivity index (χ3v) is 4.60. The zero-order chi connectivity index (χ0) is 14.8. The first-order chi connectivity index (χ1) is 10.2. The summed E-state index contributed by atoms with van der Waals surface area (Å²) in [5.41, 5.74) is 8.75. The fraction of sp³-hybridized carbons (Fsp3) is 0.667. The molecule has 1 saturated heterocycles. The first kappa shape index (κ1) is 15.0. The van der Waals surface area contributed by atoms with E-state index in [1.165, 1.54) is 24.0 Å². The van der Waals surface area contributed by atoms with Gasteiger partial charge in [-0.05, 0) is 36.3 Å². The summed E-state index contributed by atoms with van der Waals surface area (Å²) >= 11 is 0. The van der Waals surface area contributed by atoms with Crippen molar-refractivity contribution < 1.29 is 4.74 Å². The zero-order valence-corrected chi connectivity index (χ0v) is 13.3. The quantitative estimate of drug-likeness (QED) is 0.905. The Balaban J connectivity index is 1.80. The van der Waals surface area contributed by atoms with Gasteiger partial charge in [-0.2, -0.15) is 0 Å². The summed E-state index contributed by atoms with van der Waals surface area (Å²) in [7, 11) is 0. The molecule has 0 radical (unpaired) electrons. The number of benzene rings is 1. The molecule has 0 spiro atoms. The van der Waals surface area contributed by atoms with Gasteiger partial charge < -0.3 is 10.5 Å². The van der Waals surface area contributed by atoms with Gasteiger partial charge in [0.1, 0.15) is 0 Å². The summed E-state index contributed by atoms with van der Waals surface area (Å²) in [6, 6.07) is 10.2. The van der Waals surface area contributed by atoms with E-state index >= 15 is 0 Å². The van der Waals surface area contributed by atoms with Crippen molar-refractivity contribution in [3.8, 4) is 0 Å². The minimum atomic E-state index is 0.135. The number of rotatable bonds is 5. The summed E-state index contributed by atoms with van der Waals surface area (Å²) in [6.07, 6.45) is 3.95. The van der Waals surface area contributed by atoms with E-state index in [1.807, 2.05) is 0 Å². The molecule has 0 bridgehead atoms. The second kappa shape index (κ2) is 6.47. The lowest BCUT2D eigenvalue weighted by Gasteiger charge is -2.41. The van der Waals surface area contributed by atoms with Crippen molar-refractivity contribution in [1.29, 1.82) is 0 Å². The fourth-order valence-electron chi connectivity index (χ4n) is 3.49. The highest BCUT2D eigenvalue weighted by Crippen LogP contribution is 2.38. The highest BCUT2D eigenvalue weighted by atomic mass is 16.5. The Morgan fingerprint density at radius 1 is 1.24 bits per heavy atom. The minimum absolute atomic E-state index is 0.135. The minimum Gasteiger partial charge on any atom is -0.374 e. The first-order valence-corrected chi connectivity index (χ1v) is 8.35. The molecular weight excluding hydrogens is 260 g/mol. The molecular formula is C18H28N2O. The molecule has 1 aliphatic carbocycles. The van der Waals surface area contributed by atoms with Crippen LogP contribution in [0.15, 0.2) is 24.3 Å². The maximum atomic E-state index is 5.96. The third-order valence-electron chi connectivity index (χ3n) is 4.60. The molecule has 2 unspecified atom stereocenters. The normalized spacial score (nSPS) is 27.2. The van der Waals surface area contributed by atoms with Gasteiger partial charge in [0.15, 0.2) is 0 Å². The summed E-state index contributed by atoms with van der Waals surface area (Å²) in [5.74, 6) is 0.702. The molecule has 3 rings (SSSR count). The molecule has 2 N–H and O–H groups in total. The summed E-state index contributed by atoms with van der Waals surface area (Å²) in [6.45, 7) is 6.99. The average molecular weight is 288 g/mol. The highest BCUT2D eigenvalue weighted by molar-refractivity contribution is 5.27. The van der Waals surface area contributed by atoms with E-state index in [1.54, 1.807) is 0 Å². The van der Waals surface area contributed by atoms with Crippen molar-refractivity contribution >= 4 is 0 Å². The number of hydrogen-bond acceptors (Lipinski definition) is 3. The van der Waals surface area contributed by atoms with Crippen LogP contribution in [0.4, 0.5) is 0 Å². The van der Waals surface area contributed by atoms with Gasteiger partial charge in [-0.1, -0.05) is 38.1 Å². The maximum Gasteiger partial charge on any atom is 0.0894 e. The van der Waals surface area contributed by atoms with Crippen LogP contribution in [0.3, 0.4) is 0 Å². The molecule has 116 valence electrons. The second-order valence-corrected chi connectivity index (χ2v) is 6.90. The Bertz CT molecular complexity index is 453. The number of nitrogens with zero attached hydrogens (tertiary/aromatic N) is 1. The van der Waals surface area contributed by atoms with Crippen LogP contribution in [-0.2, 0) is 11.2 Å². The van der Waals surface area contributed by atoms with Gasteiger partial charge in [0, 0.05) is 19.1 Å². The molecule has 1 aromatic rings. The van der Waals surface area contributed by atoms with E-state index < -0.39 is 0 Å². The van der Waals surface area contributed by atoms with E-state index in [4.69, 9.17) is 10.5 Å². The van der Waals surface area contributed by atoms with Gasteiger partial charge >= 0.3 is 0 Å². The predicted octanol–water partition coefficient (Wildman–Crippen LogP) is 2.75. The second-order valence-electron chi connectivity index (χ2n) is 6.90. The molecule has 0 aromatic heterocycles. The molecule has 1 heterocycles. The van der Waals surface area contributed by atoms with Crippen LogP contribution in [0.1, 0.15) is 43.9 Å². The van der Waals surface area contributed by atoms with Gasteiger partial charge in [-0.25, -0.2) is 0 Å². The number of nitrogens with two attached hydrogens (primary N) is 1. The molecule has 2 fully saturated rings. The van der Waals surface area contributed by atoms with Crippen molar-refractivity contribution in [3.05, 3.63) is 35.4 Å². The summed E-state index contributed by atoms with van der Waals surface area (Å²) in [5, 5.41) is 0. The van der Waals surface area contributed by atoms with E-state index in [2.05, 4.69) is 43.0 Å². The Morgan fingerprint density at radius 2 is 1.95 bits per heavy atom. The van der Waals surface area contributed by atoms with Gasteiger partial charge in [0.25, 0.3) is 0 Å². The van der Waals surface area contributed by atoms with E-state index in [0.29, 0.717) is 18.5 Å². The van der Waals surface area contributed by atoms with Gasteiger partial charge in [0.05, 0.1) is 18.8 Å². The monoisotopic (exact) mass is 288 g/mol. The standard InChI is InChI=1S/C18H28N2O/c1-13(2)11-14-3-5-15(6-4-14)18-17(12-19)21-10-9-20(18)16-7-8-16/h3-6,13,16-18H,7-12,19H2,1-2H3. The van der Waals surface area contributed by atoms with E-state index in [9.17, 15) is 0 Å². The first-order valence-electron chi connectivity index (χ1n) is 8.35. The van der Waals surface area contributed by atoms with Gasteiger partial charge in [-0.3, -0.25) is 4.90 Å². The molecule has 21 heavy (non-hydrogen) atoms. The third kappa shape index (κ3) is 3.47. The average Bonchev–Trinajstić information content (AvgIpc) is 3.31. The van der Waals surface area contributed by atoms with Crippen molar-refractivity contribution in [3.63, 3.8) is 0 Å². The number of hydrogen-bond donors (Lipinski definition) is 1. The fourth-order valence-corrected chi connectivity index (χ4v) is 3.49. The highest BCUT2D eigenvalue weighted by Gasteiger charge is 2.40. The van der Waals surface area contributed by atoms with E-state index in [-0.39, 0.29) is 6.10 Å². The van der Waals surface area contributed by atoms with Crippen LogP contribution in [0.2, 0.25) is 0 Å². The number of morpholine rings is 1. The number of ether oxygens (including phenoxy) is 1. The zero-order valence-electron chi connectivity index (χ0n) is 13.3. The lowest BCUT2D eigenvalue weighted by molar-refractivity contribution is -0.0712. The van der Waals surface area contributed by atoms with Crippen LogP contribution in [-0.4, -0.2) is 36.7 Å². The molecule has 2 aliphatic rings. The summed E-state index contributed by atoms with van der Waals surface area (Å²) < 4.78 is 5.93. The topological polar surface area (TPSA) is 38.5 Å². The van der Waals surface area contributed by atoms with Crippen molar-refractivity contribution in [2.45, 2.75) is 51.3 Å². The maximum absolute atomic E-state index is 5.96. The molecule has 3 nitrogen and oxygen atoms in total. The summed E-state index contributed by atoms with van der Waals surface area (Å²) in [4.78, 5) is 2.62. The van der Waals surface area contributed by atoms with Gasteiger partial charge in [-0.15, -0.1) is 0 Å². The molecule has 2 atom stereocenters. The van der Waals surface area contributed by atoms with Crippen LogP contribution in [0.25, 0.3) is 0 Å². The predicted molar refractivity (Wildman–Crippen MR) is 86.2 cm³/mol. The van der Waals surface area contributed by atoms with E-state index in [0.717, 1.165) is 25.6 Å². The molecule has 1 saturated carbocycles. The molecule has 1 aliphatic heterocycles. The lowest BCUT2D eigenvalue weighted by Crippen LogP contribution is -2.49. The Labute approximate surface area is 128 Å². The Kier molecular flexibility index (Phi) is 4.63. The van der Waals surface area contributed by atoms with Crippen LogP contribution in [0, 0.1) is 5.92 Å². The van der Waals surface area contributed by atoms with Gasteiger partial charge in [0.2, 0.25) is 0 Å².